The van der Waals surface area contributed by atoms with E-state index in [1.807, 2.05) is 49.9 Å². The van der Waals surface area contributed by atoms with Crippen LogP contribution in [0.3, 0.4) is 0 Å². The fourth-order valence-corrected chi connectivity index (χ4v) is 3.90. The molecular weight excluding hydrogens is 340 g/mol. The lowest BCUT2D eigenvalue weighted by Crippen LogP contribution is -2.35. The Morgan fingerprint density at radius 3 is 2.37 bits per heavy atom. The second-order valence-electron chi connectivity index (χ2n) is 7.61. The van der Waals surface area contributed by atoms with Crippen molar-refractivity contribution in [2.24, 2.45) is 0 Å². The lowest BCUT2D eigenvalue weighted by Gasteiger charge is -2.18. The zero-order chi connectivity index (χ0) is 19.3. The minimum atomic E-state index is -0.514. The van der Waals surface area contributed by atoms with E-state index in [0.29, 0.717) is 6.54 Å². The summed E-state index contributed by atoms with van der Waals surface area (Å²) in [5.41, 5.74) is 5.38. The molecule has 2 aromatic carbocycles. The molecule has 2 aromatic rings. The Bertz CT molecular complexity index is 934. The number of carbonyl (C=O) groups excluding carboxylic acids is 2. The second-order valence-corrected chi connectivity index (χ2v) is 7.61. The van der Waals surface area contributed by atoms with Crippen molar-refractivity contribution in [3.8, 4) is 0 Å². The Labute approximate surface area is 158 Å². The predicted octanol–water partition coefficient (Wildman–Crippen LogP) is 3.83. The highest BCUT2D eigenvalue weighted by Crippen LogP contribution is 2.48. The van der Waals surface area contributed by atoms with Gasteiger partial charge in [-0.05, 0) is 56.2 Å². The highest BCUT2D eigenvalue weighted by atomic mass is 16.2. The average Bonchev–Trinajstić information content (AvgIpc) is 3.11. The smallest absolute Gasteiger partial charge is 0.237 e. The van der Waals surface area contributed by atoms with Crippen LogP contribution in [0.1, 0.15) is 45.0 Å². The van der Waals surface area contributed by atoms with Crippen LogP contribution < -0.4 is 20.9 Å². The molecule has 0 saturated carbocycles. The third-order valence-electron chi connectivity index (χ3n) is 5.36. The van der Waals surface area contributed by atoms with E-state index < -0.39 is 5.41 Å². The number of hydrogen-bond donors (Lipinski definition) is 3. The highest BCUT2D eigenvalue weighted by molar-refractivity contribution is 6.09. The summed E-state index contributed by atoms with van der Waals surface area (Å²) < 4.78 is 0. The molecule has 2 aliphatic rings. The number of rotatable bonds is 3. The van der Waals surface area contributed by atoms with E-state index in [9.17, 15) is 9.59 Å². The summed E-state index contributed by atoms with van der Waals surface area (Å²) in [6, 6.07) is 11.9. The van der Waals surface area contributed by atoms with E-state index in [4.69, 9.17) is 0 Å². The molecule has 1 unspecified atom stereocenters. The zero-order valence-electron chi connectivity index (χ0n) is 16.0. The molecule has 3 N–H and O–H groups in total. The van der Waals surface area contributed by atoms with Crippen LogP contribution in [-0.2, 0) is 15.0 Å². The Morgan fingerprint density at radius 2 is 1.78 bits per heavy atom. The number of benzene rings is 2. The normalized spacial score (nSPS) is 19.2. The van der Waals surface area contributed by atoms with Gasteiger partial charge in [-0.1, -0.05) is 12.1 Å². The molecule has 6 nitrogen and oxygen atoms in total. The molecule has 2 heterocycles. The first-order valence-corrected chi connectivity index (χ1v) is 9.22. The molecule has 0 saturated heterocycles. The molecule has 0 aliphatic carbocycles. The lowest BCUT2D eigenvalue weighted by molar-refractivity contribution is -0.122. The van der Waals surface area contributed by atoms with Crippen molar-refractivity contribution in [1.82, 2.24) is 0 Å². The van der Waals surface area contributed by atoms with Gasteiger partial charge in [0.25, 0.3) is 0 Å². The first kappa shape index (κ1) is 17.4. The third-order valence-corrected chi connectivity index (χ3v) is 5.36. The van der Waals surface area contributed by atoms with Crippen LogP contribution in [-0.4, -0.2) is 18.4 Å². The van der Waals surface area contributed by atoms with Gasteiger partial charge >= 0.3 is 0 Å². The van der Waals surface area contributed by atoms with Crippen LogP contribution in [0.25, 0.3) is 0 Å². The van der Waals surface area contributed by atoms with Crippen LogP contribution in [0.15, 0.2) is 36.4 Å². The van der Waals surface area contributed by atoms with E-state index in [-0.39, 0.29) is 18.0 Å². The number of anilines is 4. The first-order valence-electron chi connectivity index (χ1n) is 9.22. The van der Waals surface area contributed by atoms with Crippen LogP contribution in [0.4, 0.5) is 22.7 Å². The Balaban J connectivity index is 1.62. The second kappa shape index (κ2) is 6.01. The van der Waals surface area contributed by atoms with Gasteiger partial charge in [-0.15, -0.1) is 0 Å². The van der Waals surface area contributed by atoms with E-state index in [0.717, 1.165) is 33.9 Å². The average molecular weight is 364 g/mol. The maximum atomic E-state index is 12.7. The third kappa shape index (κ3) is 2.72. The molecule has 0 fully saturated rings. The summed E-state index contributed by atoms with van der Waals surface area (Å²) in [6.07, 6.45) is -0.0530. The van der Waals surface area contributed by atoms with Crippen LogP contribution in [0, 0.1) is 0 Å². The number of likely N-dealkylation sites (N-methyl/N-ethyl adjacent to an activating group) is 1. The summed E-state index contributed by atoms with van der Waals surface area (Å²) in [5.74, 6) is 0.0632. The molecule has 2 amide bonds. The molecule has 1 atom stereocenters. The summed E-state index contributed by atoms with van der Waals surface area (Å²) >= 11 is 0. The SMILES string of the molecule is CCN1C(=O)C(C)(C)c2cc3c(cc21)NC(c1ccc(NC(C)=O)cc1)N3. The molecule has 0 radical (unpaired) electrons. The molecule has 2 aliphatic heterocycles. The zero-order valence-corrected chi connectivity index (χ0v) is 16.0. The quantitative estimate of drug-likeness (QED) is 0.774. The van der Waals surface area contributed by atoms with Crippen molar-refractivity contribution in [1.29, 1.82) is 0 Å². The molecule has 6 heteroatoms. The van der Waals surface area contributed by atoms with Crippen molar-refractivity contribution in [2.45, 2.75) is 39.3 Å². The topological polar surface area (TPSA) is 73.5 Å². The van der Waals surface area contributed by atoms with Crippen LogP contribution >= 0.6 is 0 Å². The van der Waals surface area contributed by atoms with Crippen molar-refractivity contribution < 1.29 is 9.59 Å². The van der Waals surface area contributed by atoms with Crippen LogP contribution in [0.5, 0.6) is 0 Å². The number of carbonyl (C=O) groups is 2. The van der Waals surface area contributed by atoms with Gasteiger partial charge in [0, 0.05) is 19.2 Å². The van der Waals surface area contributed by atoms with E-state index in [2.05, 4.69) is 28.1 Å². The molecule has 140 valence electrons. The molecule has 0 bridgehead atoms. The Morgan fingerprint density at radius 1 is 1.15 bits per heavy atom. The van der Waals surface area contributed by atoms with E-state index in [1.165, 1.54) is 6.92 Å². The van der Waals surface area contributed by atoms with Gasteiger partial charge in [0.2, 0.25) is 11.8 Å². The van der Waals surface area contributed by atoms with Crippen molar-refractivity contribution >= 4 is 34.6 Å². The molecule has 0 aromatic heterocycles. The lowest BCUT2D eigenvalue weighted by atomic mass is 9.86. The number of amides is 2. The first-order chi connectivity index (χ1) is 12.8. The van der Waals surface area contributed by atoms with Gasteiger partial charge < -0.3 is 20.9 Å². The maximum absolute atomic E-state index is 12.7. The van der Waals surface area contributed by atoms with Gasteiger partial charge in [0.1, 0.15) is 6.17 Å². The van der Waals surface area contributed by atoms with Crippen LogP contribution in [0.2, 0.25) is 0 Å². The summed E-state index contributed by atoms with van der Waals surface area (Å²) in [4.78, 5) is 25.7. The van der Waals surface area contributed by atoms with Crippen molar-refractivity contribution in [3.05, 3.63) is 47.5 Å². The molecular formula is C21H24N4O2. The monoisotopic (exact) mass is 364 g/mol. The fraction of sp³-hybridized carbons (Fsp3) is 0.333. The Kier molecular flexibility index (Phi) is 3.87. The van der Waals surface area contributed by atoms with Crippen molar-refractivity contribution in [2.75, 3.05) is 27.4 Å². The predicted molar refractivity (Wildman–Crippen MR) is 108 cm³/mol. The van der Waals surface area contributed by atoms with Gasteiger partial charge in [-0.25, -0.2) is 0 Å². The van der Waals surface area contributed by atoms with E-state index in [1.54, 1.807) is 0 Å². The van der Waals surface area contributed by atoms with Gasteiger partial charge in [-0.2, -0.15) is 0 Å². The number of fused-ring (bicyclic) bond motifs is 2. The summed E-state index contributed by atoms with van der Waals surface area (Å²) in [7, 11) is 0. The largest absolute Gasteiger partial charge is 0.360 e. The summed E-state index contributed by atoms with van der Waals surface area (Å²) in [5, 5.41) is 9.77. The molecule has 27 heavy (non-hydrogen) atoms. The fourth-order valence-electron chi connectivity index (χ4n) is 3.90. The van der Waals surface area contributed by atoms with Gasteiger partial charge in [-0.3, -0.25) is 9.59 Å². The molecule has 0 spiro atoms. The van der Waals surface area contributed by atoms with Gasteiger partial charge in [0.05, 0.1) is 22.5 Å². The minimum absolute atomic E-state index is 0.0530. The van der Waals surface area contributed by atoms with E-state index >= 15 is 0 Å². The highest BCUT2D eigenvalue weighted by Gasteiger charge is 2.44. The van der Waals surface area contributed by atoms with Crippen molar-refractivity contribution in [3.63, 3.8) is 0 Å². The molecule has 4 rings (SSSR count). The number of hydrogen-bond acceptors (Lipinski definition) is 4. The summed E-state index contributed by atoms with van der Waals surface area (Å²) in [6.45, 7) is 8.13. The standard InChI is InChI=1S/C21H24N4O2/c1-5-25-18-11-17-16(10-15(18)21(3,4)20(25)27)23-19(24-17)13-6-8-14(9-7-13)22-12(2)26/h6-11,19,23-24H,5H2,1-4H3,(H,22,26). The minimum Gasteiger partial charge on any atom is -0.360 e. The van der Waals surface area contributed by atoms with Gasteiger partial charge in [0.15, 0.2) is 0 Å². The number of nitrogens with one attached hydrogen (secondary N) is 3. The number of nitrogens with zero attached hydrogens (tertiary/aromatic N) is 1. The maximum Gasteiger partial charge on any atom is 0.237 e. The Hall–Kier alpha value is -3.02.